The number of benzene rings is 1. The van der Waals surface area contributed by atoms with E-state index in [1.165, 1.54) is 29.3 Å². The van der Waals surface area contributed by atoms with Crippen molar-refractivity contribution in [3.63, 3.8) is 0 Å². The molecule has 0 saturated heterocycles. The molecule has 34 heavy (non-hydrogen) atoms. The first kappa shape index (κ1) is 23.7. The zero-order valence-corrected chi connectivity index (χ0v) is 19.3. The molecule has 0 aliphatic carbocycles. The van der Waals surface area contributed by atoms with Crippen LogP contribution in [0.5, 0.6) is 0 Å². The van der Waals surface area contributed by atoms with E-state index in [4.69, 9.17) is 11.6 Å². The van der Waals surface area contributed by atoms with E-state index in [2.05, 4.69) is 15.0 Å². The lowest BCUT2D eigenvalue weighted by atomic mass is 10.1. The lowest BCUT2D eigenvalue weighted by Crippen LogP contribution is -2.32. The second-order valence-electron chi connectivity index (χ2n) is 7.42. The maximum Gasteiger partial charge on any atom is 0.280 e. The van der Waals surface area contributed by atoms with Gasteiger partial charge in [0.05, 0.1) is 23.3 Å². The molecule has 1 amide bonds. The molecule has 0 bridgehead atoms. The Kier molecular flexibility index (Phi) is 6.54. The van der Waals surface area contributed by atoms with Gasteiger partial charge in [0.25, 0.3) is 12.3 Å². The molecule has 0 saturated carbocycles. The van der Waals surface area contributed by atoms with Crippen LogP contribution in [0.4, 0.5) is 14.5 Å². The number of rotatable bonds is 6. The molecule has 0 unspecified atom stereocenters. The quantitative estimate of drug-likeness (QED) is 0.349. The first-order chi connectivity index (χ1) is 16.1. The van der Waals surface area contributed by atoms with Crippen molar-refractivity contribution in [3.05, 3.63) is 89.0 Å². The molecule has 4 rings (SSSR count). The smallest absolute Gasteiger partial charge is 0.280 e. The number of fused-ring (bicyclic) bond motifs is 1. The zero-order valence-electron chi connectivity index (χ0n) is 17.7. The summed E-state index contributed by atoms with van der Waals surface area (Å²) in [6, 6.07) is 14.0. The molecule has 1 aromatic carbocycles. The Bertz CT molecular complexity index is 1480. The number of aromatic nitrogens is 3. The maximum atomic E-state index is 13.5. The van der Waals surface area contributed by atoms with Gasteiger partial charge in [0, 0.05) is 24.0 Å². The molecule has 0 aliphatic rings. The highest BCUT2D eigenvalue weighted by Gasteiger charge is 2.26. The van der Waals surface area contributed by atoms with E-state index in [1.807, 2.05) is 0 Å². The van der Waals surface area contributed by atoms with Crippen LogP contribution in [-0.4, -0.2) is 35.5 Å². The molecule has 174 valence electrons. The van der Waals surface area contributed by atoms with E-state index in [0.717, 1.165) is 23.9 Å². The summed E-state index contributed by atoms with van der Waals surface area (Å²) in [5, 5.41) is 0.841. The third-order valence-electron chi connectivity index (χ3n) is 4.96. The van der Waals surface area contributed by atoms with Gasteiger partial charge in [-0.15, -0.1) is 0 Å². The predicted molar refractivity (Wildman–Crippen MR) is 124 cm³/mol. The normalized spacial score (nSPS) is 11.7. The van der Waals surface area contributed by atoms with Gasteiger partial charge in [-0.1, -0.05) is 23.7 Å². The number of alkyl halides is 2. The van der Waals surface area contributed by atoms with Gasteiger partial charge >= 0.3 is 0 Å². The van der Waals surface area contributed by atoms with Crippen LogP contribution in [0.1, 0.15) is 28.0 Å². The van der Waals surface area contributed by atoms with Crippen molar-refractivity contribution in [2.24, 2.45) is 0 Å². The number of sulfone groups is 1. The molecule has 4 aromatic rings. The van der Waals surface area contributed by atoms with Crippen molar-refractivity contribution in [1.82, 2.24) is 15.0 Å². The molecule has 7 nitrogen and oxygen atoms in total. The van der Waals surface area contributed by atoms with Crippen molar-refractivity contribution >= 4 is 43.9 Å². The molecule has 0 N–H and O–H groups in total. The van der Waals surface area contributed by atoms with Gasteiger partial charge in [0.1, 0.15) is 10.8 Å². The van der Waals surface area contributed by atoms with Crippen LogP contribution in [0.2, 0.25) is 5.15 Å². The summed E-state index contributed by atoms with van der Waals surface area (Å²) in [6.45, 7) is -0.0478. The van der Waals surface area contributed by atoms with Gasteiger partial charge in [0.2, 0.25) is 0 Å². The predicted octanol–water partition coefficient (Wildman–Crippen LogP) is 4.87. The molecule has 0 aliphatic heterocycles. The second kappa shape index (κ2) is 9.40. The molecular weight excluding hydrogens is 486 g/mol. The first-order valence-electron chi connectivity index (χ1n) is 9.90. The topological polar surface area (TPSA) is 93.1 Å². The number of halogens is 3. The van der Waals surface area contributed by atoms with E-state index in [0.29, 0.717) is 16.2 Å². The van der Waals surface area contributed by atoms with Gasteiger partial charge in [-0.3, -0.25) is 9.78 Å². The average molecular weight is 503 g/mol. The maximum absolute atomic E-state index is 13.5. The van der Waals surface area contributed by atoms with E-state index in [1.54, 1.807) is 30.3 Å². The number of hydrogen-bond acceptors (Lipinski definition) is 6. The van der Waals surface area contributed by atoms with E-state index in [9.17, 15) is 22.0 Å². The zero-order chi connectivity index (χ0) is 24.5. The van der Waals surface area contributed by atoms with Crippen LogP contribution in [0.25, 0.3) is 10.9 Å². The van der Waals surface area contributed by atoms with E-state index >= 15 is 0 Å². The van der Waals surface area contributed by atoms with Crippen LogP contribution < -0.4 is 4.90 Å². The van der Waals surface area contributed by atoms with Crippen LogP contribution in [0.15, 0.2) is 72.0 Å². The number of hydrogen-bond donors (Lipinski definition) is 0. The number of anilines is 1. The molecule has 0 atom stereocenters. The summed E-state index contributed by atoms with van der Waals surface area (Å²) < 4.78 is 50.6. The highest BCUT2D eigenvalue weighted by molar-refractivity contribution is 7.90. The molecular formula is C23H17ClF2N4O3S. The highest BCUT2D eigenvalue weighted by Crippen LogP contribution is 2.28. The molecule has 11 heteroatoms. The fourth-order valence-corrected chi connectivity index (χ4v) is 4.34. The number of carbonyl (C=O) groups is 1. The monoisotopic (exact) mass is 502 g/mol. The Morgan fingerprint density at radius 1 is 1.09 bits per heavy atom. The summed E-state index contributed by atoms with van der Waals surface area (Å²) in [4.78, 5) is 26.6. The van der Waals surface area contributed by atoms with Crippen LogP contribution in [-0.2, 0) is 16.4 Å². The fraction of sp³-hybridized carbons (Fsp3) is 0.130. The lowest BCUT2D eigenvalue weighted by molar-refractivity contribution is 0.0983. The number of nitrogens with zero attached hydrogens (tertiary/aromatic N) is 4. The van der Waals surface area contributed by atoms with Crippen molar-refractivity contribution in [3.8, 4) is 0 Å². The molecule has 0 radical (unpaired) electrons. The molecule has 0 spiro atoms. The van der Waals surface area contributed by atoms with Crippen molar-refractivity contribution in [2.75, 3.05) is 11.2 Å². The number of amides is 1. The van der Waals surface area contributed by atoms with Gasteiger partial charge in [0.15, 0.2) is 14.9 Å². The van der Waals surface area contributed by atoms with Crippen molar-refractivity contribution < 1.29 is 22.0 Å². The van der Waals surface area contributed by atoms with Crippen LogP contribution >= 0.6 is 11.6 Å². The SMILES string of the molecule is CS(=O)(=O)c1ncccc1N(Cc1ccc2ccc(Cl)nc2c1)C(=O)c1ccc(C(F)F)nc1. The van der Waals surface area contributed by atoms with Crippen LogP contribution in [0, 0.1) is 0 Å². The highest BCUT2D eigenvalue weighted by atomic mass is 35.5. The number of pyridine rings is 3. The van der Waals surface area contributed by atoms with Gasteiger partial charge in [-0.25, -0.2) is 27.2 Å². The Morgan fingerprint density at radius 3 is 2.53 bits per heavy atom. The molecule has 3 heterocycles. The minimum Gasteiger partial charge on any atom is -0.301 e. The van der Waals surface area contributed by atoms with Crippen molar-refractivity contribution in [2.45, 2.75) is 18.0 Å². The van der Waals surface area contributed by atoms with Gasteiger partial charge < -0.3 is 4.90 Å². The largest absolute Gasteiger partial charge is 0.301 e. The summed E-state index contributed by atoms with van der Waals surface area (Å²) in [6.07, 6.45) is 0.549. The first-order valence-corrected chi connectivity index (χ1v) is 12.2. The minimum atomic E-state index is -3.79. The number of carbonyl (C=O) groups excluding carboxylic acids is 1. The molecule has 0 fully saturated rings. The summed E-state index contributed by atoms with van der Waals surface area (Å²) in [5.41, 5.74) is 0.812. The summed E-state index contributed by atoms with van der Waals surface area (Å²) >= 11 is 6.00. The van der Waals surface area contributed by atoms with Gasteiger partial charge in [-0.05, 0) is 48.0 Å². The van der Waals surface area contributed by atoms with E-state index in [-0.39, 0.29) is 22.8 Å². The second-order valence-corrected chi connectivity index (χ2v) is 9.74. The Labute approximate surface area is 199 Å². The fourth-order valence-electron chi connectivity index (χ4n) is 3.38. The molecule has 3 aromatic heterocycles. The van der Waals surface area contributed by atoms with Gasteiger partial charge in [-0.2, -0.15) is 0 Å². The lowest BCUT2D eigenvalue weighted by Gasteiger charge is -2.24. The Balaban J connectivity index is 1.81. The van der Waals surface area contributed by atoms with Crippen LogP contribution in [0.3, 0.4) is 0 Å². The summed E-state index contributed by atoms with van der Waals surface area (Å²) in [5.74, 6) is -0.634. The summed E-state index contributed by atoms with van der Waals surface area (Å²) in [7, 11) is -3.79. The van der Waals surface area contributed by atoms with Crippen molar-refractivity contribution in [1.29, 1.82) is 0 Å². The minimum absolute atomic E-state index is 0.00895. The Morgan fingerprint density at radius 2 is 1.85 bits per heavy atom. The third kappa shape index (κ3) is 5.02. The third-order valence-corrected chi connectivity index (χ3v) is 6.19. The standard InChI is InChI=1S/C23H17ClF2N4O3S/c1-34(32,33)22-19(3-2-10-27-22)30(23(31)16-6-8-17(21(25)26)28-12-16)13-14-4-5-15-7-9-20(24)29-18(15)11-14/h2-12,21H,13H2,1H3. The van der Waals surface area contributed by atoms with E-state index < -0.39 is 27.9 Å². The average Bonchev–Trinajstić information content (AvgIpc) is 2.81. The Hall–Kier alpha value is -3.50.